The van der Waals surface area contributed by atoms with Gasteiger partial charge in [0.2, 0.25) is 0 Å². The van der Waals surface area contributed by atoms with Gasteiger partial charge in [0.25, 0.3) is 0 Å². The van der Waals surface area contributed by atoms with Crippen LogP contribution < -0.4 is 10.6 Å². The molecule has 5 nitrogen and oxygen atoms in total. The van der Waals surface area contributed by atoms with Crippen molar-refractivity contribution < 1.29 is 12.8 Å². The maximum Gasteiger partial charge on any atom is 0.177 e. The van der Waals surface area contributed by atoms with Crippen LogP contribution >= 0.6 is 11.6 Å². The lowest BCUT2D eigenvalue weighted by Gasteiger charge is -2.46. The van der Waals surface area contributed by atoms with Crippen molar-refractivity contribution in [2.24, 2.45) is 5.73 Å². The van der Waals surface area contributed by atoms with E-state index in [1.165, 1.54) is 11.6 Å². The predicted molar refractivity (Wildman–Crippen MR) is 128 cm³/mol. The van der Waals surface area contributed by atoms with Gasteiger partial charge in [-0.05, 0) is 61.6 Å². The molecule has 1 aliphatic carbocycles. The summed E-state index contributed by atoms with van der Waals surface area (Å²) in [6.07, 6.45) is 5.35. The minimum atomic E-state index is -3.50. The molecule has 1 saturated heterocycles. The third kappa shape index (κ3) is 4.81. The number of sulfone groups is 1. The average molecular weight is 480 g/mol. The molecular formula is C24H31ClFN3O2S. The van der Waals surface area contributed by atoms with Crippen molar-refractivity contribution in [1.29, 1.82) is 0 Å². The highest BCUT2D eigenvalue weighted by Crippen LogP contribution is 2.41. The van der Waals surface area contributed by atoms with Gasteiger partial charge in [0.1, 0.15) is 5.82 Å². The molecule has 2 aliphatic rings. The van der Waals surface area contributed by atoms with Gasteiger partial charge in [-0.25, -0.2) is 12.8 Å². The Hall–Kier alpha value is -1.67. The molecule has 2 fully saturated rings. The van der Waals surface area contributed by atoms with Gasteiger partial charge in [-0.15, -0.1) is 0 Å². The maximum atomic E-state index is 13.7. The highest BCUT2D eigenvalue weighted by molar-refractivity contribution is 7.90. The first-order valence-electron chi connectivity index (χ1n) is 11.2. The topological polar surface area (TPSA) is 66.6 Å². The molecule has 0 aromatic heterocycles. The maximum absolute atomic E-state index is 13.7. The molecule has 0 amide bonds. The van der Waals surface area contributed by atoms with E-state index in [4.69, 9.17) is 17.3 Å². The Morgan fingerprint density at radius 2 is 1.78 bits per heavy atom. The number of nitrogens with zero attached hydrogens (tertiary/aromatic N) is 2. The van der Waals surface area contributed by atoms with E-state index in [0.29, 0.717) is 18.3 Å². The molecule has 1 heterocycles. The van der Waals surface area contributed by atoms with Crippen molar-refractivity contribution in [2.45, 2.75) is 42.0 Å². The molecule has 2 aromatic carbocycles. The molecule has 4 rings (SSSR count). The lowest BCUT2D eigenvalue weighted by Crippen LogP contribution is -2.53. The van der Waals surface area contributed by atoms with E-state index in [-0.39, 0.29) is 10.3 Å². The number of hydrogen-bond acceptors (Lipinski definition) is 5. The molecule has 32 heavy (non-hydrogen) atoms. The zero-order valence-corrected chi connectivity index (χ0v) is 20.0. The first kappa shape index (κ1) is 23.5. The van der Waals surface area contributed by atoms with Crippen LogP contribution in [-0.4, -0.2) is 58.3 Å². The third-order valence-electron chi connectivity index (χ3n) is 7.23. The highest BCUT2D eigenvalue weighted by atomic mass is 35.5. The molecule has 1 saturated carbocycles. The Morgan fingerprint density at radius 3 is 2.38 bits per heavy atom. The number of hydrogen-bond donors (Lipinski definition) is 1. The summed E-state index contributed by atoms with van der Waals surface area (Å²) in [5.41, 5.74) is 8.07. The van der Waals surface area contributed by atoms with Crippen LogP contribution in [0.5, 0.6) is 0 Å². The second-order valence-corrected chi connectivity index (χ2v) is 11.6. The molecule has 0 spiro atoms. The van der Waals surface area contributed by atoms with Crippen molar-refractivity contribution in [3.63, 3.8) is 0 Å². The van der Waals surface area contributed by atoms with Crippen molar-refractivity contribution in [2.75, 3.05) is 43.9 Å². The van der Waals surface area contributed by atoms with Crippen molar-refractivity contribution in [1.82, 2.24) is 4.90 Å². The quantitative estimate of drug-likeness (QED) is 0.705. The van der Waals surface area contributed by atoms with E-state index in [1.807, 2.05) is 12.1 Å². The van der Waals surface area contributed by atoms with Crippen LogP contribution in [0.2, 0.25) is 5.02 Å². The number of nitrogens with two attached hydrogens (primary N) is 1. The Kier molecular flexibility index (Phi) is 6.82. The van der Waals surface area contributed by atoms with Gasteiger partial charge < -0.3 is 10.6 Å². The average Bonchev–Trinajstić information content (AvgIpc) is 2.79. The summed E-state index contributed by atoms with van der Waals surface area (Å²) in [7, 11) is -3.50. The smallest absolute Gasteiger partial charge is 0.177 e. The predicted octanol–water partition coefficient (Wildman–Crippen LogP) is 3.84. The molecular weight excluding hydrogens is 449 g/mol. The summed E-state index contributed by atoms with van der Waals surface area (Å²) < 4.78 is 38.0. The van der Waals surface area contributed by atoms with E-state index in [0.717, 1.165) is 69.2 Å². The zero-order valence-electron chi connectivity index (χ0n) is 18.4. The van der Waals surface area contributed by atoms with Gasteiger partial charge in [-0.2, -0.15) is 0 Å². The minimum Gasteiger partial charge on any atom is -0.368 e. The summed E-state index contributed by atoms with van der Waals surface area (Å²) in [5.74, 6) is -0.530. The summed E-state index contributed by atoms with van der Waals surface area (Å²) in [4.78, 5) is 4.64. The fraction of sp³-hybridized carbons (Fsp3) is 0.500. The van der Waals surface area contributed by atoms with Crippen molar-refractivity contribution in [3.05, 3.63) is 58.9 Å². The van der Waals surface area contributed by atoms with Gasteiger partial charge in [-0.3, -0.25) is 4.90 Å². The normalized spacial score (nSPS) is 25.1. The summed E-state index contributed by atoms with van der Waals surface area (Å²) >= 11 is 6.23. The van der Waals surface area contributed by atoms with Gasteiger partial charge in [0.15, 0.2) is 9.84 Å². The van der Waals surface area contributed by atoms with Gasteiger partial charge in [0, 0.05) is 55.5 Å². The van der Waals surface area contributed by atoms with Crippen LogP contribution in [0.3, 0.4) is 0 Å². The van der Waals surface area contributed by atoms with E-state index >= 15 is 0 Å². The van der Waals surface area contributed by atoms with Gasteiger partial charge in [0.05, 0.1) is 10.6 Å². The number of rotatable bonds is 5. The molecule has 0 bridgehead atoms. The largest absolute Gasteiger partial charge is 0.368 e. The Bertz CT molecular complexity index is 1060. The third-order valence-corrected chi connectivity index (χ3v) is 8.59. The molecule has 174 valence electrons. The fourth-order valence-electron chi connectivity index (χ4n) is 5.32. The number of halogens is 2. The Morgan fingerprint density at radius 1 is 1.09 bits per heavy atom. The lowest BCUT2D eigenvalue weighted by atomic mass is 9.68. The molecule has 2 aromatic rings. The van der Waals surface area contributed by atoms with Crippen molar-refractivity contribution in [3.8, 4) is 0 Å². The lowest BCUT2D eigenvalue weighted by molar-refractivity contribution is 0.118. The molecule has 8 heteroatoms. The second kappa shape index (κ2) is 9.29. The number of piperazine rings is 1. The monoisotopic (exact) mass is 479 g/mol. The molecule has 1 aliphatic heterocycles. The molecule has 0 unspecified atom stereocenters. The summed E-state index contributed by atoms with van der Waals surface area (Å²) in [5, 5.41) is 0.753. The van der Waals surface area contributed by atoms with E-state index in [2.05, 4.69) is 21.9 Å². The summed E-state index contributed by atoms with van der Waals surface area (Å²) in [6.45, 7) is 3.78. The summed E-state index contributed by atoms with van der Waals surface area (Å²) in [6, 6.07) is 12.6. The van der Waals surface area contributed by atoms with E-state index in [1.54, 1.807) is 6.07 Å². The van der Waals surface area contributed by atoms with Crippen LogP contribution in [0, 0.1) is 5.82 Å². The molecule has 0 radical (unpaired) electrons. The number of anilines is 1. The van der Waals surface area contributed by atoms with Crippen LogP contribution in [0.4, 0.5) is 10.1 Å². The second-order valence-electron chi connectivity index (χ2n) is 9.13. The molecule has 2 N–H and O–H groups in total. The van der Waals surface area contributed by atoms with E-state index < -0.39 is 15.7 Å². The fourth-order valence-corrected chi connectivity index (χ4v) is 6.42. The zero-order chi connectivity index (χ0) is 22.9. The minimum absolute atomic E-state index is 0.0122. The van der Waals surface area contributed by atoms with Gasteiger partial charge >= 0.3 is 0 Å². The van der Waals surface area contributed by atoms with Crippen LogP contribution in [-0.2, 0) is 15.3 Å². The number of benzene rings is 2. The highest BCUT2D eigenvalue weighted by Gasteiger charge is 2.38. The van der Waals surface area contributed by atoms with Crippen LogP contribution in [0.1, 0.15) is 31.2 Å². The Balaban J connectivity index is 1.40. The van der Waals surface area contributed by atoms with Crippen molar-refractivity contribution >= 4 is 27.1 Å². The Labute approximate surface area is 195 Å². The first-order valence-corrected chi connectivity index (χ1v) is 13.4. The molecule has 0 atom stereocenters. The van der Waals surface area contributed by atoms with Gasteiger partial charge in [-0.1, -0.05) is 23.7 Å². The first-order chi connectivity index (χ1) is 15.2. The van der Waals surface area contributed by atoms with Crippen LogP contribution in [0.25, 0.3) is 0 Å². The SMILES string of the molecule is CS(=O)(=O)c1cc(F)ccc1N1CCN(C2CCC(CN)(c3cccc(Cl)c3)CC2)CC1. The van der Waals surface area contributed by atoms with E-state index in [9.17, 15) is 12.8 Å². The van der Waals surface area contributed by atoms with Crippen LogP contribution in [0.15, 0.2) is 47.4 Å². The standard InChI is InChI=1S/C24H31ClFN3O2S/c1-32(30,31)23-16-20(26)5-6-22(23)29-13-11-28(12-14-29)21-7-9-24(17-27,10-8-21)18-3-2-4-19(25)15-18/h2-6,15-16,21H,7-14,17,27H2,1H3.